The Labute approximate surface area is 167 Å². The number of benzene rings is 1. The van der Waals surface area contributed by atoms with Crippen LogP contribution in [0, 0.1) is 23.6 Å². The van der Waals surface area contributed by atoms with Crippen molar-refractivity contribution in [2.75, 3.05) is 13.2 Å². The molecule has 0 N–H and O–H groups in total. The maximum Gasteiger partial charge on any atom is 0.184 e. The zero-order chi connectivity index (χ0) is 20.0. The first-order chi connectivity index (χ1) is 13.5. The molecular formula is C24H30F2O2. The lowest BCUT2D eigenvalue weighted by Crippen LogP contribution is -2.41. The van der Waals surface area contributed by atoms with Gasteiger partial charge in [-0.2, -0.15) is 0 Å². The summed E-state index contributed by atoms with van der Waals surface area (Å²) in [5.41, 5.74) is 1.03. The highest BCUT2D eigenvalue weighted by atomic mass is 19.1. The van der Waals surface area contributed by atoms with E-state index in [1.54, 1.807) is 12.1 Å². The second kappa shape index (κ2) is 9.67. The summed E-state index contributed by atoms with van der Waals surface area (Å²) in [5, 5.41) is 0. The summed E-state index contributed by atoms with van der Waals surface area (Å²) < 4.78 is 39.9. The van der Waals surface area contributed by atoms with Crippen LogP contribution >= 0.6 is 0 Å². The van der Waals surface area contributed by atoms with Crippen molar-refractivity contribution in [3.8, 4) is 11.8 Å². The van der Waals surface area contributed by atoms with Gasteiger partial charge < -0.3 is 9.47 Å². The monoisotopic (exact) mass is 388 g/mol. The van der Waals surface area contributed by atoms with Crippen molar-refractivity contribution in [1.82, 2.24) is 0 Å². The van der Waals surface area contributed by atoms with Crippen molar-refractivity contribution in [3.05, 3.63) is 46.8 Å². The standard InChI is InChI=1S/C24H30F2O2/c1-3-5-18-6-8-19(9-7-18)10-11-20-12-13-21(15-22(20)25)23-27-16-24(26,14-4-2)17-28-23/h6,12-13,15,19,23H,3-5,7-9,14,16-17H2,1-2H3. The lowest BCUT2D eigenvalue weighted by atomic mass is 9.88. The molecule has 1 aromatic rings. The second-order valence-corrected chi connectivity index (χ2v) is 7.95. The molecule has 1 aromatic carbocycles. The van der Waals surface area contributed by atoms with Crippen molar-refractivity contribution in [1.29, 1.82) is 0 Å². The summed E-state index contributed by atoms with van der Waals surface area (Å²) in [6.07, 6.45) is 8.15. The minimum atomic E-state index is -1.44. The summed E-state index contributed by atoms with van der Waals surface area (Å²) in [4.78, 5) is 0. The van der Waals surface area contributed by atoms with E-state index in [-0.39, 0.29) is 19.0 Å². The molecule has 2 nitrogen and oxygen atoms in total. The smallest absolute Gasteiger partial charge is 0.184 e. The maximum atomic E-state index is 14.5. The van der Waals surface area contributed by atoms with Crippen molar-refractivity contribution in [2.45, 2.75) is 70.8 Å². The van der Waals surface area contributed by atoms with E-state index < -0.39 is 12.0 Å². The fourth-order valence-corrected chi connectivity index (χ4v) is 3.85. The topological polar surface area (TPSA) is 18.5 Å². The lowest BCUT2D eigenvalue weighted by Gasteiger charge is -2.34. The highest BCUT2D eigenvalue weighted by Gasteiger charge is 2.36. The fourth-order valence-electron chi connectivity index (χ4n) is 3.85. The predicted octanol–water partition coefficient (Wildman–Crippen LogP) is 6.26. The third-order valence-electron chi connectivity index (χ3n) is 5.44. The minimum Gasteiger partial charge on any atom is -0.345 e. The highest BCUT2D eigenvalue weighted by molar-refractivity contribution is 5.38. The van der Waals surface area contributed by atoms with Crippen LogP contribution in [-0.2, 0) is 9.47 Å². The molecule has 1 fully saturated rings. The molecular weight excluding hydrogens is 358 g/mol. The Morgan fingerprint density at radius 2 is 1.96 bits per heavy atom. The molecule has 2 aliphatic rings. The third-order valence-corrected chi connectivity index (χ3v) is 5.44. The van der Waals surface area contributed by atoms with Crippen LogP contribution in [0.25, 0.3) is 0 Å². The van der Waals surface area contributed by atoms with Crippen molar-refractivity contribution in [3.63, 3.8) is 0 Å². The molecule has 1 heterocycles. The summed E-state index contributed by atoms with van der Waals surface area (Å²) in [5.74, 6) is 6.12. The molecule has 0 aromatic heterocycles. The molecule has 0 amide bonds. The van der Waals surface area contributed by atoms with E-state index in [4.69, 9.17) is 9.47 Å². The summed E-state index contributed by atoms with van der Waals surface area (Å²) >= 11 is 0. The number of hydrogen-bond acceptors (Lipinski definition) is 2. The number of allylic oxidation sites excluding steroid dienone is 2. The molecule has 0 spiro atoms. The number of halogens is 2. The van der Waals surface area contributed by atoms with Gasteiger partial charge in [0.25, 0.3) is 0 Å². The number of hydrogen-bond donors (Lipinski definition) is 0. The molecule has 1 aliphatic heterocycles. The Hall–Kier alpha value is -1.70. The maximum absolute atomic E-state index is 14.5. The van der Waals surface area contributed by atoms with E-state index in [1.165, 1.54) is 24.5 Å². The molecule has 28 heavy (non-hydrogen) atoms. The van der Waals surface area contributed by atoms with Gasteiger partial charge in [0.2, 0.25) is 0 Å². The van der Waals surface area contributed by atoms with Gasteiger partial charge >= 0.3 is 0 Å². The summed E-state index contributed by atoms with van der Waals surface area (Å²) in [7, 11) is 0. The van der Waals surface area contributed by atoms with Gasteiger partial charge in [0.1, 0.15) is 5.82 Å². The van der Waals surface area contributed by atoms with E-state index >= 15 is 0 Å². The van der Waals surface area contributed by atoms with Gasteiger partial charge in [-0.15, -0.1) is 0 Å². The van der Waals surface area contributed by atoms with Gasteiger partial charge in [-0.1, -0.05) is 56.2 Å². The molecule has 4 heteroatoms. The van der Waals surface area contributed by atoms with Crippen LogP contribution in [0.4, 0.5) is 8.78 Å². The zero-order valence-electron chi connectivity index (χ0n) is 16.9. The summed E-state index contributed by atoms with van der Waals surface area (Å²) in [6, 6.07) is 4.80. The first-order valence-electron chi connectivity index (χ1n) is 10.4. The van der Waals surface area contributed by atoms with Gasteiger partial charge in [0, 0.05) is 11.5 Å². The van der Waals surface area contributed by atoms with Crippen LogP contribution in [0.1, 0.15) is 76.2 Å². The second-order valence-electron chi connectivity index (χ2n) is 7.95. The lowest BCUT2D eigenvalue weighted by molar-refractivity contribution is -0.239. The van der Waals surface area contributed by atoms with Crippen LogP contribution < -0.4 is 0 Å². The quantitative estimate of drug-likeness (QED) is 0.438. The summed E-state index contributed by atoms with van der Waals surface area (Å²) in [6.45, 7) is 4.08. The van der Waals surface area contributed by atoms with Gasteiger partial charge in [-0.05, 0) is 44.2 Å². The van der Waals surface area contributed by atoms with Crippen molar-refractivity contribution >= 4 is 0 Å². The van der Waals surface area contributed by atoms with Gasteiger partial charge in [0.05, 0.1) is 18.8 Å². The Bertz CT molecular complexity index is 752. The molecule has 1 saturated heterocycles. The Morgan fingerprint density at radius 3 is 2.57 bits per heavy atom. The van der Waals surface area contributed by atoms with Gasteiger partial charge in [-0.25, -0.2) is 8.78 Å². The van der Waals surface area contributed by atoms with Crippen LogP contribution in [0.15, 0.2) is 29.8 Å². The average molecular weight is 388 g/mol. The minimum absolute atomic E-state index is 0.0239. The first kappa shape index (κ1) is 21.0. The molecule has 0 saturated carbocycles. The molecule has 0 radical (unpaired) electrons. The highest BCUT2D eigenvalue weighted by Crippen LogP contribution is 2.32. The largest absolute Gasteiger partial charge is 0.345 e. The van der Waals surface area contributed by atoms with Crippen molar-refractivity contribution in [2.24, 2.45) is 5.92 Å². The van der Waals surface area contributed by atoms with Crippen LogP contribution in [0.5, 0.6) is 0 Å². The Morgan fingerprint density at radius 1 is 1.18 bits per heavy atom. The van der Waals surface area contributed by atoms with Crippen molar-refractivity contribution < 1.29 is 18.3 Å². The van der Waals surface area contributed by atoms with Crippen LogP contribution in [-0.4, -0.2) is 18.9 Å². The average Bonchev–Trinajstić information content (AvgIpc) is 2.69. The van der Waals surface area contributed by atoms with Crippen LogP contribution in [0.3, 0.4) is 0 Å². The van der Waals surface area contributed by atoms with E-state index in [0.29, 0.717) is 23.5 Å². The molecule has 1 unspecified atom stereocenters. The fraction of sp³-hybridized carbons (Fsp3) is 0.583. The molecule has 1 atom stereocenters. The Kier molecular flexibility index (Phi) is 7.26. The van der Waals surface area contributed by atoms with E-state index in [9.17, 15) is 8.78 Å². The molecule has 1 aliphatic carbocycles. The van der Waals surface area contributed by atoms with Crippen LogP contribution in [0.2, 0.25) is 0 Å². The number of rotatable bonds is 5. The molecule has 152 valence electrons. The SMILES string of the molecule is CCCC1=CCC(C#Cc2ccc(C3OCC(F)(CCC)CO3)cc2F)CC1. The van der Waals surface area contributed by atoms with E-state index in [1.807, 2.05) is 6.92 Å². The predicted molar refractivity (Wildman–Crippen MR) is 107 cm³/mol. The van der Waals surface area contributed by atoms with E-state index in [0.717, 1.165) is 25.7 Å². The molecule has 3 rings (SSSR count). The molecule has 0 bridgehead atoms. The zero-order valence-corrected chi connectivity index (χ0v) is 16.9. The number of ether oxygens (including phenoxy) is 2. The van der Waals surface area contributed by atoms with Gasteiger partial charge in [-0.3, -0.25) is 0 Å². The Balaban J connectivity index is 1.60. The van der Waals surface area contributed by atoms with Gasteiger partial charge in [0.15, 0.2) is 12.0 Å². The first-order valence-corrected chi connectivity index (χ1v) is 10.4. The normalized spacial score (nSPS) is 27.6. The van der Waals surface area contributed by atoms with E-state index in [2.05, 4.69) is 24.8 Å². The third kappa shape index (κ3) is 5.43. The number of alkyl halides is 1.